The Balaban J connectivity index is 1.68. The number of fused-ring (bicyclic) bond motifs is 1. The van der Waals surface area contributed by atoms with Gasteiger partial charge in [0.25, 0.3) is 0 Å². The molecule has 1 aromatic heterocycles. The second-order valence-electron chi connectivity index (χ2n) is 4.59. The van der Waals surface area contributed by atoms with E-state index in [2.05, 4.69) is 14.7 Å². The van der Waals surface area contributed by atoms with E-state index >= 15 is 0 Å². The molecular formula is C13H15N3O3S. The number of hydrogen-bond acceptors (Lipinski definition) is 4. The quantitative estimate of drug-likeness (QED) is 0.856. The molecule has 106 valence electrons. The van der Waals surface area contributed by atoms with E-state index in [1.54, 1.807) is 30.7 Å². The number of nitrogens with zero attached hydrogens (tertiary/aromatic N) is 1. The first-order chi connectivity index (χ1) is 9.65. The fourth-order valence-electron chi connectivity index (χ4n) is 2.15. The summed E-state index contributed by atoms with van der Waals surface area (Å²) in [6.07, 6.45) is 4.59. The summed E-state index contributed by atoms with van der Waals surface area (Å²) in [6, 6.07) is 4.97. The van der Waals surface area contributed by atoms with Crippen molar-refractivity contribution < 1.29 is 13.2 Å². The summed E-state index contributed by atoms with van der Waals surface area (Å²) in [6.45, 7) is 0.949. The summed E-state index contributed by atoms with van der Waals surface area (Å²) >= 11 is 0. The van der Waals surface area contributed by atoms with Crippen LogP contribution in [0.15, 0.2) is 35.6 Å². The van der Waals surface area contributed by atoms with Crippen LogP contribution in [0.3, 0.4) is 0 Å². The van der Waals surface area contributed by atoms with Crippen molar-refractivity contribution in [3.05, 3.63) is 42.0 Å². The van der Waals surface area contributed by atoms with Gasteiger partial charge in [0.1, 0.15) is 5.75 Å². The smallest absolute Gasteiger partial charge is 0.240 e. The monoisotopic (exact) mass is 293 g/mol. The third-order valence-corrected chi connectivity index (χ3v) is 4.67. The van der Waals surface area contributed by atoms with E-state index in [1.165, 1.54) is 0 Å². The number of aromatic amines is 1. The Morgan fingerprint density at radius 3 is 3.10 bits per heavy atom. The van der Waals surface area contributed by atoms with E-state index in [0.717, 1.165) is 23.4 Å². The van der Waals surface area contributed by atoms with E-state index in [0.29, 0.717) is 19.6 Å². The first-order valence-electron chi connectivity index (χ1n) is 6.38. The van der Waals surface area contributed by atoms with Crippen LogP contribution < -0.4 is 9.46 Å². The van der Waals surface area contributed by atoms with Crippen molar-refractivity contribution in [2.24, 2.45) is 0 Å². The SMILES string of the molecule is O=S(=O)(NCCc1cnc[nH]1)c1ccc2c(c1)CCO2. The maximum atomic E-state index is 12.2. The van der Waals surface area contributed by atoms with Crippen molar-refractivity contribution in [3.8, 4) is 5.75 Å². The van der Waals surface area contributed by atoms with Gasteiger partial charge in [-0.25, -0.2) is 18.1 Å². The van der Waals surface area contributed by atoms with Crippen molar-refractivity contribution in [2.45, 2.75) is 17.7 Å². The van der Waals surface area contributed by atoms with Gasteiger partial charge in [0, 0.05) is 31.3 Å². The highest BCUT2D eigenvalue weighted by molar-refractivity contribution is 7.89. The molecule has 0 spiro atoms. The zero-order valence-corrected chi connectivity index (χ0v) is 11.6. The van der Waals surface area contributed by atoms with Gasteiger partial charge in [-0.3, -0.25) is 0 Å². The molecule has 0 atom stereocenters. The molecule has 6 nitrogen and oxygen atoms in total. The summed E-state index contributed by atoms with van der Waals surface area (Å²) in [7, 11) is -3.47. The average molecular weight is 293 g/mol. The summed E-state index contributed by atoms with van der Waals surface area (Å²) < 4.78 is 32.3. The molecule has 0 bridgehead atoms. The Morgan fingerprint density at radius 1 is 1.40 bits per heavy atom. The first kappa shape index (κ1) is 13.1. The Labute approximate surface area is 117 Å². The van der Waals surface area contributed by atoms with Gasteiger partial charge < -0.3 is 9.72 Å². The van der Waals surface area contributed by atoms with E-state index in [-0.39, 0.29) is 4.90 Å². The lowest BCUT2D eigenvalue weighted by atomic mass is 10.2. The normalized spacial score (nSPS) is 14.0. The Morgan fingerprint density at radius 2 is 2.30 bits per heavy atom. The maximum Gasteiger partial charge on any atom is 0.240 e. The van der Waals surface area contributed by atoms with Crippen molar-refractivity contribution in [1.82, 2.24) is 14.7 Å². The van der Waals surface area contributed by atoms with Gasteiger partial charge in [-0.1, -0.05) is 0 Å². The highest BCUT2D eigenvalue weighted by atomic mass is 32.2. The molecule has 1 aromatic carbocycles. The van der Waals surface area contributed by atoms with E-state index < -0.39 is 10.0 Å². The van der Waals surface area contributed by atoms with Crippen LogP contribution in [0, 0.1) is 0 Å². The van der Waals surface area contributed by atoms with Crippen molar-refractivity contribution in [2.75, 3.05) is 13.2 Å². The van der Waals surface area contributed by atoms with Gasteiger partial charge in [-0.2, -0.15) is 0 Å². The molecule has 0 saturated heterocycles. The molecule has 2 N–H and O–H groups in total. The molecule has 1 aliphatic rings. The van der Waals surface area contributed by atoms with Crippen LogP contribution in [-0.4, -0.2) is 31.5 Å². The van der Waals surface area contributed by atoms with Crippen LogP contribution in [-0.2, 0) is 22.9 Å². The minimum atomic E-state index is -3.47. The van der Waals surface area contributed by atoms with Crippen LogP contribution in [0.1, 0.15) is 11.3 Å². The molecule has 7 heteroatoms. The topological polar surface area (TPSA) is 84.1 Å². The lowest BCUT2D eigenvalue weighted by molar-refractivity contribution is 0.356. The Hall–Kier alpha value is -1.86. The molecule has 0 unspecified atom stereocenters. The van der Waals surface area contributed by atoms with Gasteiger partial charge in [-0.15, -0.1) is 0 Å². The third kappa shape index (κ3) is 2.68. The van der Waals surface area contributed by atoms with Gasteiger partial charge in [0.15, 0.2) is 0 Å². The van der Waals surface area contributed by atoms with Gasteiger partial charge in [-0.05, 0) is 23.8 Å². The minimum Gasteiger partial charge on any atom is -0.493 e. The van der Waals surface area contributed by atoms with E-state index in [4.69, 9.17) is 4.74 Å². The molecule has 0 aliphatic carbocycles. The van der Waals surface area contributed by atoms with Gasteiger partial charge in [0.05, 0.1) is 17.8 Å². The molecule has 20 heavy (non-hydrogen) atoms. The lowest BCUT2D eigenvalue weighted by Crippen LogP contribution is -2.26. The maximum absolute atomic E-state index is 12.2. The van der Waals surface area contributed by atoms with Crippen LogP contribution in [0.25, 0.3) is 0 Å². The molecule has 0 fully saturated rings. The van der Waals surface area contributed by atoms with Crippen LogP contribution >= 0.6 is 0 Å². The molecule has 0 radical (unpaired) electrons. The Bertz CT molecular complexity index is 696. The Kier molecular flexibility index (Phi) is 3.45. The van der Waals surface area contributed by atoms with Crippen molar-refractivity contribution >= 4 is 10.0 Å². The van der Waals surface area contributed by atoms with Gasteiger partial charge in [0.2, 0.25) is 10.0 Å². The largest absolute Gasteiger partial charge is 0.493 e. The number of nitrogens with one attached hydrogen (secondary N) is 2. The summed E-state index contributed by atoms with van der Waals surface area (Å²) in [4.78, 5) is 7.11. The number of benzene rings is 1. The molecular weight excluding hydrogens is 278 g/mol. The summed E-state index contributed by atoms with van der Waals surface area (Å²) in [5.41, 5.74) is 1.84. The first-order valence-corrected chi connectivity index (χ1v) is 7.86. The molecule has 0 amide bonds. The number of H-pyrrole nitrogens is 1. The molecule has 2 heterocycles. The summed E-state index contributed by atoms with van der Waals surface area (Å²) in [5, 5.41) is 0. The highest BCUT2D eigenvalue weighted by Gasteiger charge is 2.18. The number of ether oxygens (including phenoxy) is 1. The van der Waals surface area contributed by atoms with Gasteiger partial charge >= 0.3 is 0 Å². The van der Waals surface area contributed by atoms with E-state index in [9.17, 15) is 8.42 Å². The van der Waals surface area contributed by atoms with Crippen molar-refractivity contribution in [3.63, 3.8) is 0 Å². The summed E-state index contributed by atoms with van der Waals surface area (Å²) in [5.74, 6) is 0.779. The fourth-order valence-corrected chi connectivity index (χ4v) is 3.24. The van der Waals surface area contributed by atoms with Crippen LogP contribution in [0.5, 0.6) is 5.75 Å². The molecule has 0 saturated carbocycles. The average Bonchev–Trinajstić information content (AvgIpc) is 3.08. The van der Waals surface area contributed by atoms with Crippen LogP contribution in [0.2, 0.25) is 0 Å². The number of aromatic nitrogens is 2. The third-order valence-electron chi connectivity index (χ3n) is 3.21. The minimum absolute atomic E-state index is 0.284. The lowest BCUT2D eigenvalue weighted by Gasteiger charge is -2.07. The highest BCUT2D eigenvalue weighted by Crippen LogP contribution is 2.27. The number of hydrogen-bond donors (Lipinski definition) is 2. The second kappa shape index (κ2) is 5.26. The zero-order valence-electron chi connectivity index (χ0n) is 10.8. The molecule has 3 rings (SSSR count). The van der Waals surface area contributed by atoms with Crippen molar-refractivity contribution in [1.29, 1.82) is 0 Å². The fraction of sp³-hybridized carbons (Fsp3) is 0.308. The van der Waals surface area contributed by atoms with Crippen LogP contribution in [0.4, 0.5) is 0 Å². The van der Waals surface area contributed by atoms with E-state index in [1.807, 2.05) is 0 Å². The number of imidazole rings is 1. The molecule has 2 aromatic rings. The second-order valence-corrected chi connectivity index (χ2v) is 6.36. The molecule has 1 aliphatic heterocycles. The predicted molar refractivity (Wildman–Crippen MR) is 73.1 cm³/mol. The standard InChI is InChI=1S/C13H15N3O3S/c17-20(18,16-5-3-11-8-14-9-15-11)12-1-2-13-10(7-12)4-6-19-13/h1-2,7-9,16H,3-6H2,(H,14,15). The number of rotatable bonds is 5. The zero-order chi connectivity index (χ0) is 14.0. The number of sulfonamides is 1. The predicted octanol–water partition coefficient (Wildman–Crippen LogP) is 0.866.